The molecular formula is C28H57NO3. The van der Waals surface area contributed by atoms with Gasteiger partial charge in [-0.25, -0.2) is 0 Å². The summed E-state index contributed by atoms with van der Waals surface area (Å²) in [5, 5.41) is 9.71. The summed E-state index contributed by atoms with van der Waals surface area (Å²) in [4.78, 5) is 2.44. The molecule has 1 saturated heterocycles. The van der Waals surface area contributed by atoms with Gasteiger partial charge in [-0.3, -0.25) is 4.90 Å². The molecule has 1 aliphatic heterocycles. The number of β-amino-alcohol motifs (C(OH)–C–C–N with tert-alkyl or cyclic N) is 1. The standard InChI is InChI=1S/C28H57NO3/c1-4-6-12-17-27(18-13-7-5-2)19-16-22-32-25-31-21-15-11-9-8-10-14-20-29-24-28(30)23-26(29)3/h26-28,30H,4-25H2,1-3H3/t26-,28+/m1/s1. The van der Waals surface area contributed by atoms with Crippen LogP contribution in [0.4, 0.5) is 0 Å². The highest BCUT2D eigenvalue weighted by atomic mass is 16.7. The monoisotopic (exact) mass is 455 g/mol. The molecule has 1 rings (SSSR count). The van der Waals surface area contributed by atoms with Gasteiger partial charge in [-0.2, -0.15) is 0 Å². The number of nitrogens with zero attached hydrogens (tertiary/aromatic N) is 1. The lowest BCUT2D eigenvalue weighted by Crippen LogP contribution is -2.28. The fraction of sp³-hybridized carbons (Fsp3) is 1.00. The SMILES string of the molecule is CCCCCC(CCCCC)CCCOCOCCCCCCCCN1C[C@@H](O)C[C@H]1C. The van der Waals surface area contributed by atoms with E-state index in [1.54, 1.807) is 0 Å². The van der Waals surface area contributed by atoms with Crippen molar-refractivity contribution in [3.63, 3.8) is 0 Å². The summed E-state index contributed by atoms with van der Waals surface area (Å²) in [6.07, 6.45) is 22.0. The van der Waals surface area contributed by atoms with Crippen molar-refractivity contribution < 1.29 is 14.6 Å². The Morgan fingerprint density at radius 2 is 1.31 bits per heavy atom. The third-order valence-electron chi connectivity index (χ3n) is 7.17. The molecule has 2 atom stereocenters. The molecule has 4 heteroatoms. The van der Waals surface area contributed by atoms with E-state index in [0.29, 0.717) is 12.8 Å². The number of unbranched alkanes of at least 4 members (excludes halogenated alkanes) is 9. The van der Waals surface area contributed by atoms with Crippen molar-refractivity contribution in [2.45, 2.75) is 142 Å². The molecule has 0 aliphatic carbocycles. The van der Waals surface area contributed by atoms with Crippen LogP contribution in [0.5, 0.6) is 0 Å². The van der Waals surface area contributed by atoms with Gasteiger partial charge >= 0.3 is 0 Å². The van der Waals surface area contributed by atoms with Gasteiger partial charge in [0.25, 0.3) is 0 Å². The quantitative estimate of drug-likeness (QED) is 0.129. The second kappa shape index (κ2) is 21.4. The van der Waals surface area contributed by atoms with E-state index in [1.165, 1.54) is 96.3 Å². The van der Waals surface area contributed by atoms with Crippen LogP contribution < -0.4 is 0 Å². The van der Waals surface area contributed by atoms with Gasteiger partial charge in [-0.05, 0) is 51.5 Å². The maximum atomic E-state index is 9.71. The van der Waals surface area contributed by atoms with E-state index in [2.05, 4.69) is 25.7 Å². The van der Waals surface area contributed by atoms with E-state index in [0.717, 1.165) is 45.1 Å². The highest BCUT2D eigenvalue weighted by molar-refractivity contribution is 4.81. The summed E-state index contributed by atoms with van der Waals surface area (Å²) in [6.45, 7) is 11.0. The van der Waals surface area contributed by atoms with Crippen LogP contribution in [-0.2, 0) is 9.47 Å². The minimum absolute atomic E-state index is 0.100. The maximum Gasteiger partial charge on any atom is 0.146 e. The van der Waals surface area contributed by atoms with Crippen molar-refractivity contribution in [3.8, 4) is 0 Å². The smallest absolute Gasteiger partial charge is 0.146 e. The molecule has 0 aromatic rings. The Morgan fingerprint density at radius 1 is 0.750 bits per heavy atom. The Labute approximate surface area is 200 Å². The summed E-state index contributed by atoms with van der Waals surface area (Å²) < 4.78 is 11.4. The fourth-order valence-corrected chi connectivity index (χ4v) is 5.06. The van der Waals surface area contributed by atoms with Gasteiger partial charge in [0.1, 0.15) is 6.79 Å². The first-order chi connectivity index (χ1) is 15.7. The van der Waals surface area contributed by atoms with Crippen molar-refractivity contribution >= 4 is 0 Å². The molecule has 0 radical (unpaired) electrons. The molecule has 0 aromatic heterocycles. The summed E-state index contributed by atoms with van der Waals surface area (Å²) in [5.74, 6) is 0.906. The first-order valence-corrected chi connectivity index (χ1v) is 14.2. The number of hydrogen-bond donors (Lipinski definition) is 1. The van der Waals surface area contributed by atoms with Gasteiger partial charge in [0.2, 0.25) is 0 Å². The summed E-state index contributed by atoms with van der Waals surface area (Å²) >= 11 is 0. The Bertz CT molecular complexity index is 383. The van der Waals surface area contributed by atoms with Gasteiger partial charge in [0.15, 0.2) is 0 Å². The zero-order chi connectivity index (χ0) is 23.3. The van der Waals surface area contributed by atoms with Crippen LogP contribution in [0, 0.1) is 5.92 Å². The van der Waals surface area contributed by atoms with Gasteiger partial charge in [-0.1, -0.05) is 90.9 Å². The number of likely N-dealkylation sites (tertiary alicyclic amines) is 1. The minimum Gasteiger partial charge on any atom is -0.392 e. The largest absolute Gasteiger partial charge is 0.392 e. The topological polar surface area (TPSA) is 41.9 Å². The maximum absolute atomic E-state index is 9.71. The summed E-state index contributed by atoms with van der Waals surface area (Å²) in [7, 11) is 0. The lowest BCUT2D eigenvalue weighted by molar-refractivity contribution is -0.0562. The molecule has 1 N–H and O–H groups in total. The number of aliphatic hydroxyl groups is 1. The molecule has 1 heterocycles. The second-order valence-corrected chi connectivity index (χ2v) is 10.3. The van der Waals surface area contributed by atoms with Crippen molar-refractivity contribution in [1.82, 2.24) is 4.90 Å². The first-order valence-electron chi connectivity index (χ1n) is 14.2. The molecule has 0 bridgehead atoms. The van der Waals surface area contributed by atoms with Crippen LogP contribution in [0.1, 0.15) is 130 Å². The van der Waals surface area contributed by atoms with Crippen LogP contribution in [0.2, 0.25) is 0 Å². The molecule has 0 spiro atoms. The zero-order valence-corrected chi connectivity index (χ0v) is 22.0. The van der Waals surface area contributed by atoms with E-state index in [4.69, 9.17) is 9.47 Å². The predicted molar refractivity (Wildman–Crippen MR) is 137 cm³/mol. The molecule has 0 unspecified atom stereocenters. The third kappa shape index (κ3) is 16.5. The number of hydrogen-bond acceptors (Lipinski definition) is 4. The highest BCUT2D eigenvalue weighted by Crippen LogP contribution is 2.22. The Morgan fingerprint density at radius 3 is 1.91 bits per heavy atom. The van der Waals surface area contributed by atoms with Crippen LogP contribution in [0.15, 0.2) is 0 Å². The molecule has 4 nitrogen and oxygen atoms in total. The molecule has 1 fully saturated rings. The molecule has 0 aromatic carbocycles. The van der Waals surface area contributed by atoms with Crippen LogP contribution in [0.25, 0.3) is 0 Å². The lowest BCUT2D eigenvalue weighted by Gasteiger charge is -2.20. The molecule has 1 aliphatic rings. The molecular weight excluding hydrogens is 398 g/mol. The number of aliphatic hydroxyl groups excluding tert-OH is 1. The van der Waals surface area contributed by atoms with Crippen LogP contribution in [0.3, 0.4) is 0 Å². The lowest BCUT2D eigenvalue weighted by atomic mass is 9.91. The Hall–Kier alpha value is -0.160. The van der Waals surface area contributed by atoms with E-state index >= 15 is 0 Å². The van der Waals surface area contributed by atoms with Gasteiger partial charge in [0, 0.05) is 25.8 Å². The van der Waals surface area contributed by atoms with Gasteiger partial charge in [0.05, 0.1) is 6.10 Å². The first kappa shape index (κ1) is 29.9. The van der Waals surface area contributed by atoms with Crippen molar-refractivity contribution in [2.75, 3.05) is 33.1 Å². The van der Waals surface area contributed by atoms with Crippen LogP contribution in [-0.4, -0.2) is 55.2 Å². The Kier molecular flexibility index (Phi) is 20.0. The predicted octanol–water partition coefficient (Wildman–Crippen LogP) is 7.33. The summed E-state index contributed by atoms with van der Waals surface area (Å²) in [5.41, 5.74) is 0. The molecule has 192 valence electrons. The molecule has 32 heavy (non-hydrogen) atoms. The normalized spacial score (nSPS) is 19.4. The average Bonchev–Trinajstić information content (AvgIpc) is 3.10. The third-order valence-corrected chi connectivity index (χ3v) is 7.17. The summed E-state index contributed by atoms with van der Waals surface area (Å²) in [6, 6.07) is 0.558. The van der Waals surface area contributed by atoms with Crippen LogP contribution >= 0.6 is 0 Å². The second-order valence-electron chi connectivity index (χ2n) is 10.3. The highest BCUT2D eigenvalue weighted by Gasteiger charge is 2.26. The fourth-order valence-electron chi connectivity index (χ4n) is 5.06. The van der Waals surface area contributed by atoms with E-state index < -0.39 is 0 Å². The van der Waals surface area contributed by atoms with Gasteiger partial charge < -0.3 is 14.6 Å². The van der Waals surface area contributed by atoms with E-state index in [9.17, 15) is 5.11 Å². The van der Waals surface area contributed by atoms with Crippen molar-refractivity contribution in [2.24, 2.45) is 5.92 Å². The van der Waals surface area contributed by atoms with Gasteiger partial charge in [-0.15, -0.1) is 0 Å². The molecule has 0 amide bonds. The van der Waals surface area contributed by atoms with E-state index in [-0.39, 0.29) is 6.10 Å². The number of ether oxygens (including phenoxy) is 2. The molecule has 0 saturated carbocycles. The number of rotatable bonds is 23. The van der Waals surface area contributed by atoms with Crippen molar-refractivity contribution in [3.05, 3.63) is 0 Å². The zero-order valence-electron chi connectivity index (χ0n) is 22.0. The minimum atomic E-state index is -0.100. The van der Waals surface area contributed by atoms with E-state index in [1.807, 2.05) is 0 Å². The average molecular weight is 456 g/mol. The van der Waals surface area contributed by atoms with Crippen molar-refractivity contribution in [1.29, 1.82) is 0 Å². The Balaban J connectivity index is 1.84.